The SMILES string of the molecule is COc1ccc(-c2cc(=O)c3c(OC)c(C4OC(C(=O)NCCC(F)(F)F)C(O)C(O)C4O)c(OC)cc3o2)cc1OC. The van der Waals surface area contributed by atoms with Gasteiger partial charge in [-0.1, -0.05) is 0 Å². The maximum absolute atomic E-state index is 13.4. The fraction of sp³-hybridized carbons (Fsp3) is 0.429. The van der Waals surface area contributed by atoms with Gasteiger partial charge in [-0.15, -0.1) is 0 Å². The number of amides is 1. The Labute approximate surface area is 242 Å². The number of hydrogen-bond donors (Lipinski definition) is 4. The highest BCUT2D eigenvalue weighted by Crippen LogP contribution is 2.46. The topological polar surface area (TPSA) is 166 Å². The number of aliphatic hydroxyl groups is 3. The fourth-order valence-corrected chi connectivity index (χ4v) is 4.83. The fourth-order valence-electron chi connectivity index (χ4n) is 4.83. The number of carbonyl (C=O) groups is 1. The van der Waals surface area contributed by atoms with Crippen LogP contribution in [-0.2, 0) is 9.53 Å². The predicted octanol–water partition coefficient (Wildman–Crippen LogP) is 2.09. The second kappa shape index (κ2) is 12.7. The van der Waals surface area contributed by atoms with Gasteiger partial charge in [0, 0.05) is 24.2 Å². The van der Waals surface area contributed by atoms with Crippen molar-refractivity contribution in [2.24, 2.45) is 0 Å². The molecule has 4 N–H and O–H groups in total. The molecule has 0 spiro atoms. The predicted molar refractivity (Wildman–Crippen MR) is 143 cm³/mol. The van der Waals surface area contributed by atoms with Crippen LogP contribution in [0.5, 0.6) is 23.0 Å². The third kappa shape index (κ3) is 6.34. The molecule has 1 aliphatic heterocycles. The van der Waals surface area contributed by atoms with Crippen LogP contribution in [0.15, 0.2) is 39.5 Å². The average Bonchev–Trinajstić information content (AvgIpc) is 2.97. The summed E-state index contributed by atoms with van der Waals surface area (Å²) in [6, 6.07) is 7.37. The maximum Gasteiger partial charge on any atom is 0.390 e. The Balaban J connectivity index is 1.79. The van der Waals surface area contributed by atoms with Crippen LogP contribution >= 0.6 is 0 Å². The first kappa shape index (κ1) is 31.9. The lowest BCUT2D eigenvalue weighted by atomic mass is 9.89. The van der Waals surface area contributed by atoms with Crippen molar-refractivity contribution in [3.8, 4) is 34.3 Å². The molecule has 234 valence electrons. The molecule has 12 nitrogen and oxygen atoms in total. The maximum atomic E-state index is 13.4. The first-order valence-corrected chi connectivity index (χ1v) is 12.8. The number of aliphatic hydroxyl groups excluding tert-OH is 3. The van der Waals surface area contributed by atoms with Crippen molar-refractivity contribution in [2.75, 3.05) is 35.0 Å². The van der Waals surface area contributed by atoms with Crippen LogP contribution in [0.1, 0.15) is 18.1 Å². The molecule has 43 heavy (non-hydrogen) atoms. The molecule has 1 fully saturated rings. The molecule has 5 unspecified atom stereocenters. The molecule has 1 aromatic heterocycles. The number of benzene rings is 2. The summed E-state index contributed by atoms with van der Waals surface area (Å²) >= 11 is 0. The smallest absolute Gasteiger partial charge is 0.390 e. The van der Waals surface area contributed by atoms with Crippen LogP contribution in [-0.4, -0.2) is 86.8 Å². The monoisotopic (exact) mass is 613 g/mol. The van der Waals surface area contributed by atoms with Gasteiger partial charge in [0.2, 0.25) is 0 Å². The van der Waals surface area contributed by atoms with Crippen LogP contribution in [0.3, 0.4) is 0 Å². The van der Waals surface area contributed by atoms with E-state index in [1.54, 1.807) is 18.2 Å². The zero-order valence-electron chi connectivity index (χ0n) is 23.4. The quantitative estimate of drug-likeness (QED) is 0.279. The summed E-state index contributed by atoms with van der Waals surface area (Å²) in [6.07, 6.45) is -15.3. The Kier molecular flexibility index (Phi) is 9.39. The van der Waals surface area contributed by atoms with Crippen LogP contribution in [0, 0.1) is 0 Å². The largest absolute Gasteiger partial charge is 0.496 e. The standard InChI is InChI=1S/C28H30F3NO11/c1-38-14-6-5-12(9-16(14)39-2)15-10-13(33)19-18(42-15)11-17(40-3)20(24(19)41-4)25-22(35)21(34)23(36)26(43-25)27(37)32-8-7-28(29,30)31/h5-6,9-11,21-23,25-26,34-36H,7-8H2,1-4H3,(H,32,37). The number of carbonyl (C=O) groups excluding carboxylic acids is 1. The van der Waals surface area contributed by atoms with E-state index in [-0.39, 0.29) is 33.8 Å². The van der Waals surface area contributed by atoms with Crippen molar-refractivity contribution >= 4 is 16.9 Å². The Bertz CT molecular complexity index is 1540. The number of methoxy groups -OCH3 is 4. The molecule has 1 saturated heterocycles. The van der Waals surface area contributed by atoms with Crippen molar-refractivity contribution in [3.05, 3.63) is 46.1 Å². The molecule has 2 aromatic carbocycles. The number of nitrogens with one attached hydrogen (secondary N) is 1. The molecular formula is C28H30F3NO11. The van der Waals surface area contributed by atoms with Crippen molar-refractivity contribution in [1.29, 1.82) is 0 Å². The molecule has 0 aliphatic carbocycles. The molecule has 2 heterocycles. The second-order valence-electron chi connectivity index (χ2n) is 9.55. The van der Waals surface area contributed by atoms with Crippen molar-refractivity contribution in [2.45, 2.75) is 43.1 Å². The van der Waals surface area contributed by atoms with Gasteiger partial charge in [-0.2, -0.15) is 13.2 Å². The van der Waals surface area contributed by atoms with Gasteiger partial charge in [0.1, 0.15) is 52.6 Å². The van der Waals surface area contributed by atoms with E-state index in [0.29, 0.717) is 17.1 Å². The van der Waals surface area contributed by atoms with Crippen LogP contribution in [0.4, 0.5) is 13.2 Å². The average molecular weight is 614 g/mol. The molecule has 15 heteroatoms. The summed E-state index contributed by atoms with van der Waals surface area (Å²) in [5.41, 5.74) is -0.224. The highest BCUT2D eigenvalue weighted by atomic mass is 19.4. The Morgan fingerprint density at radius 1 is 0.907 bits per heavy atom. The third-order valence-corrected chi connectivity index (χ3v) is 6.93. The molecule has 1 aliphatic rings. The lowest BCUT2D eigenvalue weighted by molar-refractivity contribution is -0.223. The van der Waals surface area contributed by atoms with Gasteiger partial charge >= 0.3 is 6.18 Å². The van der Waals surface area contributed by atoms with Gasteiger partial charge in [-0.25, -0.2) is 0 Å². The Morgan fingerprint density at radius 2 is 1.58 bits per heavy atom. The van der Waals surface area contributed by atoms with E-state index in [4.69, 9.17) is 28.1 Å². The van der Waals surface area contributed by atoms with Crippen molar-refractivity contribution in [3.63, 3.8) is 0 Å². The summed E-state index contributed by atoms with van der Waals surface area (Å²) < 4.78 is 70.9. The summed E-state index contributed by atoms with van der Waals surface area (Å²) in [5, 5.41) is 33.7. The molecule has 4 rings (SSSR count). The molecule has 0 bridgehead atoms. The summed E-state index contributed by atoms with van der Waals surface area (Å²) in [4.78, 5) is 26.1. The minimum absolute atomic E-state index is 0.00191. The number of alkyl halides is 3. The minimum atomic E-state index is -4.55. The minimum Gasteiger partial charge on any atom is -0.496 e. The Morgan fingerprint density at radius 3 is 2.19 bits per heavy atom. The first-order chi connectivity index (χ1) is 20.3. The number of ether oxygens (including phenoxy) is 5. The van der Waals surface area contributed by atoms with Crippen molar-refractivity contribution in [1.82, 2.24) is 5.32 Å². The highest BCUT2D eigenvalue weighted by molar-refractivity contribution is 5.89. The van der Waals surface area contributed by atoms with E-state index in [0.717, 1.165) is 0 Å². The number of rotatable bonds is 9. The third-order valence-electron chi connectivity index (χ3n) is 6.93. The van der Waals surface area contributed by atoms with Gasteiger partial charge in [0.25, 0.3) is 5.91 Å². The van der Waals surface area contributed by atoms with E-state index >= 15 is 0 Å². The summed E-state index contributed by atoms with van der Waals surface area (Å²) in [5.74, 6) is -0.418. The van der Waals surface area contributed by atoms with Gasteiger partial charge in [-0.05, 0) is 18.2 Å². The van der Waals surface area contributed by atoms with E-state index in [1.165, 1.54) is 40.6 Å². The molecule has 5 atom stereocenters. The molecular weight excluding hydrogens is 583 g/mol. The normalized spacial score (nSPS) is 22.2. The number of fused-ring (bicyclic) bond motifs is 1. The second-order valence-corrected chi connectivity index (χ2v) is 9.55. The van der Waals surface area contributed by atoms with Crippen LogP contribution < -0.4 is 29.7 Å². The van der Waals surface area contributed by atoms with Gasteiger partial charge in [0.05, 0.1) is 40.4 Å². The van der Waals surface area contributed by atoms with E-state index in [1.807, 2.05) is 5.32 Å². The highest BCUT2D eigenvalue weighted by Gasteiger charge is 2.49. The zero-order valence-corrected chi connectivity index (χ0v) is 23.4. The molecule has 1 amide bonds. The molecule has 0 saturated carbocycles. The van der Waals surface area contributed by atoms with Crippen LogP contribution in [0.2, 0.25) is 0 Å². The summed E-state index contributed by atoms with van der Waals surface area (Å²) in [6.45, 7) is -0.815. The van der Waals surface area contributed by atoms with Gasteiger partial charge < -0.3 is 48.7 Å². The van der Waals surface area contributed by atoms with Crippen LogP contribution in [0.25, 0.3) is 22.3 Å². The van der Waals surface area contributed by atoms with Gasteiger partial charge in [0.15, 0.2) is 23.0 Å². The van der Waals surface area contributed by atoms with E-state index in [2.05, 4.69) is 0 Å². The molecule has 0 radical (unpaired) electrons. The Hall–Kier alpha value is -4.05. The lowest BCUT2D eigenvalue weighted by Gasteiger charge is -2.40. The van der Waals surface area contributed by atoms with Gasteiger partial charge in [-0.3, -0.25) is 9.59 Å². The first-order valence-electron chi connectivity index (χ1n) is 12.8. The van der Waals surface area contributed by atoms with Crippen molar-refractivity contribution < 1.29 is 61.4 Å². The lowest BCUT2D eigenvalue weighted by Crippen LogP contribution is -2.59. The number of hydrogen-bond acceptors (Lipinski definition) is 11. The summed E-state index contributed by atoms with van der Waals surface area (Å²) in [7, 11) is 5.38. The number of halogens is 3. The molecule has 3 aromatic rings. The van der Waals surface area contributed by atoms with E-state index < -0.39 is 61.0 Å². The van der Waals surface area contributed by atoms with E-state index in [9.17, 15) is 38.1 Å². The zero-order chi connectivity index (χ0) is 31.6.